The van der Waals surface area contributed by atoms with Gasteiger partial charge in [-0.2, -0.15) is 0 Å². The molecule has 0 unspecified atom stereocenters. The average Bonchev–Trinajstić information content (AvgIpc) is 2.64. The van der Waals surface area contributed by atoms with E-state index in [2.05, 4.69) is 27.5 Å². The molecule has 0 bridgehead atoms. The number of amides is 2. The van der Waals surface area contributed by atoms with E-state index in [4.69, 9.17) is 0 Å². The quantitative estimate of drug-likeness (QED) is 0.828. The van der Waals surface area contributed by atoms with Gasteiger partial charge in [-0.25, -0.2) is 9.97 Å². The molecule has 0 radical (unpaired) electrons. The molecule has 1 aromatic carbocycles. The lowest BCUT2D eigenvalue weighted by Gasteiger charge is -2.44. The number of carbonyl (C=O) groups excluding carboxylic acids is 2. The second-order valence-electron chi connectivity index (χ2n) is 8.03. The van der Waals surface area contributed by atoms with Crippen molar-refractivity contribution >= 4 is 23.5 Å². The van der Waals surface area contributed by atoms with E-state index >= 15 is 0 Å². The minimum absolute atomic E-state index is 0.0161. The van der Waals surface area contributed by atoms with Gasteiger partial charge in [0.1, 0.15) is 0 Å². The fourth-order valence-corrected chi connectivity index (χ4v) is 3.85. The van der Waals surface area contributed by atoms with E-state index in [-0.39, 0.29) is 35.9 Å². The number of fused-ring (bicyclic) bond motifs is 1. The molecule has 0 aliphatic carbocycles. The van der Waals surface area contributed by atoms with E-state index in [0.29, 0.717) is 11.5 Å². The number of anilines is 2. The Kier molecular flexibility index (Phi) is 5.86. The molecule has 0 fully saturated rings. The molecule has 1 aromatic heterocycles. The maximum absolute atomic E-state index is 12.6. The summed E-state index contributed by atoms with van der Waals surface area (Å²) in [5, 5.41) is 6.36. The maximum Gasteiger partial charge on any atom is 0.251 e. The van der Waals surface area contributed by atoms with Gasteiger partial charge in [0.25, 0.3) is 5.91 Å². The minimum Gasteiger partial charge on any atom is -0.350 e. The van der Waals surface area contributed by atoms with E-state index < -0.39 is 0 Å². The van der Waals surface area contributed by atoms with Crippen molar-refractivity contribution < 1.29 is 9.59 Å². The Bertz CT molecular complexity index is 927. The highest BCUT2D eigenvalue weighted by molar-refractivity contribution is 5.98. The van der Waals surface area contributed by atoms with Crippen LogP contribution in [-0.4, -0.2) is 33.9 Å². The van der Waals surface area contributed by atoms with Gasteiger partial charge >= 0.3 is 0 Å². The van der Waals surface area contributed by atoms with Crippen molar-refractivity contribution in [3.63, 3.8) is 0 Å². The fraction of sp³-hybridized carbons (Fsp3) is 0.455. The summed E-state index contributed by atoms with van der Waals surface area (Å²) in [6, 6.07) is 7.24. The monoisotopic (exact) mass is 395 g/mol. The van der Waals surface area contributed by atoms with Gasteiger partial charge in [0.2, 0.25) is 11.9 Å². The molecule has 29 heavy (non-hydrogen) atoms. The van der Waals surface area contributed by atoms with Crippen LogP contribution in [0.2, 0.25) is 0 Å². The molecule has 1 aliphatic heterocycles. The van der Waals surface area contributed by atoms with Crippen molar-refractivity contribution in [2.75, 3.05) is 10.2 Å². The first-order valence-electron chi connectivity index (χ1n) is 9.99. The first-order chi connectivity index (χ1) is 13.7. The number of aromatic nitrogens is 2. The Morgan fingerprint density at radius 2 is 1.90 bits per heavy atom. The van der Waals surface area contributed by atoms with Crippen molar-refractivity contribution in [1.82, 2.24) is 15.3 Å². The van der Waals surface area contributed by atoms with Crippen LogP contribution in [0.15, 0.2) is 30.5 Å². The van der Waals surface area contributed by atoms with Gasteiger partial charge in [0.05, 0.1) is 6.04 Å². The summed E-state index contributed by atoms with van der Waals surface area (Å²) in [6.45, 7) is 11.5. The predicted octanol–water partition coefficient (Wildman–Crippen LogP) is 3.47. The number of aryl methyl sites for hydroxylation is 1. The highest BCUT2D eigenvalue weighted by atomic mass is 16.2. The van der Waals surface area contributed by atoms with Crippen molar-refractivity contribution in [3.05, 3.63) is 47.3 Å². The number of nitrogens with one attached hydrogen (secondary N) is 2. The second-order valence-corrected chi connectivity index (χ2v) is 8.03. The van der Waals surface area contributed by atoms with Gasteiger partial charge in [-0.3, -0.25) is 9.59 Å². The third-order valence-electron chi connectivity index (χ3n) is 5.42. The molecule has 7 nitrogen and oxygen atoms in total. The van der Waals surface area contributed by atoms with Gasteiger partial charge in [-0.05, 0) is 57.5 Å². The van der Waals surface area contributed by atoms with Gasteiger partial charge in [-0.1, -0.05) is 6.92 Å². The lowest BCUT2D eigenvalue weighted by Crippen LogP contribution is -2.48. The maximum atomic E-state index is 12.6. The van der Waals surface area contributed by atoms with Crippen LogP contribution in [-0.2, 0) is 4.79 Å². The molecule has 2 N–H and O–H groups in total. The van der Waals surface area contributed by atoms with Crippen molar-refractivity contribution in [2.45, 2.75) is 59.7 Å². The first kappa shape index (κ1) is 20.8. The van der Waals surface area contributed by atoms with Crippen LogP contribution in [0, 0.1) is 12.8 Å². The van der Waals surface area contributed by atoms with Gasteiger partial charge in [0, 0.05) is 48.1 Å². The molecule has 2 heterocycles. The van der Waals surface area contributed by atoms with E-state index in [0.717, 1.165) is 16.9 Å². The second kappa shape index (κ2) is 8.19. The summed E-state index contributed by atoms with van der Waals surface area (Å²) in [5.74, 6) is 0.469. The Labute approximate surface area is 171 Å². The molecular weight excluding hydrogens is 366 g/mol. The van der Waals surface area contributed by atoms with E-state index in [1.165, 1.54) is 0 Å². The SMILES string of the molecule is CC(=O)N1c2ccc(C(=O)NC(C)C)cc2[C@H](Nc2nccc(C)n2)[C@@H](C)[C@@H]1C. The fourth-order valence-electron chi connectivity index (χ4n) is 3.85. The van der Waals surface area contributed by atoms with Crippen LogP contribution in [0.4, 0.5) is 11.6 Å². The summed E-state index contributed by atoms with van der Waals surface area (Å²) >= 11 is 0. The number of nitrogens with zero attached hydrogens (tertiary/aromatic N) is 3. The smallest absolute Gasteiger partial charge is 0.251 e. The third kappa shape index (κ3) is 4.23. The third-order valence-corrected chi connectivity index (χ3v) is 5.42. The van der Waals surface area contributed by atoms with Crippen LogP contribution >= 0.6 is 0 Å². The van der Waals surface area contributed by atoms with Gasteiger partial charge in [0.15, 0.2) is 0 Å². The summed E-state index contributed by atoms with van der Waals surface area (Å²) < 4.78 is 0. The lowest BCUT2D eigenvalue weighted by molar-refractivity contribution is -0.117. The molecule has 1 aliphatic rings. The standard InChI is InChI=1S/C22H29N5O2/c1-12(2)24-21(29)17-7-8-19-18(11-17)20(14(4)15(5)27(19)16(6)28)26-22-23-10-9-13(3)25-22/h7-12,14-15,20H,1-6H3,(H,24,29)(H,23,25,26)/t14-,15-,20+/m0/s1. The molecule has 0 spiro atoms. The molecular formula is C22H29N5O2. The highest BCUT2D eigenvalue weighted by Gasteiger charge is 2.38. The van der Waals surface area contributed by atoms with Crippen molar-refractivity contribution in [2.24, 2.45) is 5.92 Å². The number of benzene rings is 1. The van der Waals surface area contributed by atoms with Crippen LogP contribution in [0.5, 0.6) is 0 Å². The Morgan fingerprint density at radius 3 is 2.52 bits per heavy atom. The molecule has 154 valence electrons. The number of rotatable bonds is 4. The van der Waals surface area contributed by atoms with Crippen molar-refractivity contribution in [1.29, 1.82) is 0 Å². The van der Waals surface area contributed by atoms with Gasteiger partial charge in [-0.15, -0.1) is 0 Å². The lowest BCUT2D eigenvalue weighted by atomic mass is 9.82. The molecule has 0 saturated heterocycles. The topological polar surface area (TPSA) is 87.2 Å². The summed E-state index contributed by atoms with van der Waals surface area (Å²) in [4.78, 5) is 35.6. The molecule has 2 amide bonds. The zero-order chi connectivity index (χ0) is 21.3. The van der Waals surface area contributed by atoms with Crippen LogP contribution in [0.25, 0.3) is 0 Å². The Hall–Kier alpha value is -2.96. The van der Waals surface area contributed by atoms with Crippen molar-refractivity contribution in [3.8, 4) is 0 Å². The van der Waals surface area contributed by atoms with Crippen LogP contribution < -0.4 is 15.5 Å². The Morgan fingerprint density at radius 1 is 1.17 bits per heavy atom. The molecule has 0 saturated carbocycles. The molecule has 3 atom stereocenters. The van der Waals surface area contributed by atoms with E-state index in [9.17, 15) is 9.59 Å². The number of hydrogen-bond donors (Lipinski definition) is 2. The summed E-state index contributed by atoms with van der Waals surface area (Å²) in [7, 11) is 0. The number of hydrogen-bond acceptors (Lipinski definition) is 5. The summed E-state index contributed by atoms with van der Waals surface area (Å²) in [5.41, 5.74) is 3.15. The van der Waals surface area contributed by atoms with E-state index in [1.54, 1.807) is 24.1 Å². The van der Waals surface area contributed by atoms with E-state index in [1.807, 2.05) is 45.9 Å². The molecule has 2 aromatic rings. The first-order valence-corrected chi connectivity index (χ1v) is 9.99. The predicted molar refractivity (Wildman–Crippen MR) is 114 cm³/mol. The highest BCUT2D eigenvalue weighted by Crippen LogP contribution is 2.42. The zero-order valence-corrected chi connectivity index (χ0v) is 17.9. The van der Waals surface area contributed by atoms with Gasteiger partial charge < -0.3 is 15.5 Å². The zero-order valence-electron chi connectivity index (χ0n) is 17.9. The molecule has 7 heteroatoms. The van der Waals surface area contributed by atoms with Crippen LogP contribution in [0.3, 0.4) is 0 Å². The summed E-state index contributed by atoms with van der Waals surface area (Å²) in [6.07, 6.45) is 1.72. The number of carbonyl (C=O) groups is 2. The minimum atomic E-state index is -0.135. The Balaban J connectivity index is 2.08. The normalized spacial score (nSPS) is 20.9. The largest absolute Gasteiger partial charge is 0.350 e. The van der Waals surface area contributed by atoms with Crippen LogP contribution in [0.1, 0.15) is 62.3 Å². The molecule has 3 rings (SSSR count). The average molecular weight is 396 g/mol.